The Balaban J connectivity index is 1.52. The molecular weight excluding hydrogens is 358 g/mol. The minimum Gasteiger partial charge on any atom is -0.301 e. The molecule has 1 N–H and O–H groups in total. The molecule has 0 radical (unpaired) electrons. The van der Waals surface area contributed by atoms with Crippen molar-refractivity contribution in [1.82, 2.24) is 19.7 Å². The van der Waals surface area contributed by atoms with E-state index in [4.69, 9.17) is 0 Å². The number of nitrogens with zero attached hydrogens (tertiary/aromatic N) is 4. The average Bonchev–Trinajstić information content (AvgIpc) is 3.25. The van der Waals surface area contributed by atoms with Gasteiger partial charge in [0, 0.05) is 24.4 Å². The molecule has 6 nitrogen and oxygen atoms in total. The standard InChI is InChI=1S/C20H23N5OS/c1-3-17-15(11-21-25(17)12-14-7-5-4-6-8-14)19(26)23-20-22-16-9-10-24(2)13-18(16)27-20/h4-8,11H,3,9-10,12-13H2,1-2H3,(H,22,23,26). The Morgan fingerprint density at radius 1 is 1.30 bits per heavy atom. The van der Waals surface area contributed by atoms with Crippen LogP contribution < -0.4 is 5.32 Å². The average molecular weight is 382 g/mol. The van der Waals surface area contributed by atoms with Crippen LogP contribution in [0, 0.1) is 0 Å². The SMILES string of the molecule is CCc1c(C(=O)Nc2nc3c(s2)CN(C)CC3)cnn1Cc1ccccc1. The lowest BCUT2D eigenvalue weighted by Crippen LogP contribution is -2.25. The highest BCUT2D eigenvalue weighted by atomic mass is 32.1. The summed E-state index contributed by atoms with van der Waals surface area (Å²) in [4.78, 5) is 21.0. The zero-order valence-corrected chi connectivity index (χ0v) is 16.4. The lowest BCUT2D eigenvalue weighted by Gasteiger charge is -2.20. The molecular formula is C20H23N5OS. The zero-order chi connectivity index (χ0) is 18.8. The number of rotatable bonds is 5. The van der Waals surface area contributed by atoms with Crippen molar-refractivity contribution in [2.75, 3.05) is 18.9 Å². The summed E-state index contributed by atoms with van der Waals surface area (Å²) in [5, 5.41) is 8.11. The van der Waals surface area contributed by atoms with Gasteiger partial charge in [0.25, 0.3) is 5.91 Å². The van der Waals surface area contributed by atoms with Crippen molar-refractivity contribution in [2.45, 2.75) is 32.9 Å². The summed E-state index contributed by atoms with van der Waals surface area (Å²) in [7, 11) is 2.11. The Morgan fingerprint density at radius 2 is 2.11 bits per heavy atom. The third-order valence-electron chi connectivity index (χ3n) is 4.85. The molecule has 1 aromatic carbocycles. The monoisotopic (exact) mass is 381 g/mol. The molecule has 0 unspecified atom stereocenters. The molecule has 27 heavy (non-hydrogen) atoms. The summed E-state index contributed by atoms with van der Waals surface area (Å²) >= 11 is 1.57. The maximum atomic E-state index is 12.8. The van der Waals surface area contributed by atoms with Gasteiger partial charge in [0.2, 0.25) is 0 Å². The van der Waals surface area contributed by atoms with Crippen LogP contribution in [0.15, 0.2) is 36.5 Å². The summed E-state index contributed by atoms with van der Waals surface area (Å²) in [6.07, 6.45) is 3.35. The molecule has 0 saturated carbocycles. The smallest absolute Gasteiger partial charge is 0.260 e. The molecule has 2 aromatic heterocycles. The topological polar surface area (TPSA) is 63.1 Å². The molecule has 1 aliphatic heterocycles. The van der Waals surface area contributed by atoms with Crippen LogP contribution in [0.1, 0.15) is 39.1 Å². The lowest BCUT2D eigenvalue weighted by molar-refractivity contribution is 0.102. The van der Waals surface area contributed by atoms with Gasteiger partial charge in [-0.05, 0) is 19.0 Å². The molecule has 0 bridgehead atoms. The van der Waals surface area contributed by atoms with E-state index in [1.807, 2.05) is 29.8 Å². The Morgan fingerprint density at radius 3 is 2.89 bits per heavy atom. The van der Waals surface area contributed by atoms with Gasteiger partial charge in [-0.3, -0.25) is 14.8 Å². The molecule has 3 aromatic rings. The van der Waals surface area contributed by atoms with Gasteiger partial charge in [-0.25, -0.2) is 4.98 Å². The fourth-order valence-corrected chi connectivity index (χ4v) is 4.49. The minimum atomic E-state index is -0.134. The minimum absolute atomic E-state index is 0.134. The van der Waals surface area contributed by atoms with E-state index < -0.39 is 0 Å². The van der Waals surface area contributed by atoms with Crippen LogP contribution >= 0.6 is 11.3 Å². The highest BCUT2D eigenvalue weighted by Crippen LogP contribution is 2.28. The van der Waals surface area contributed by atoms with Crippen LogP contribution in [0.25, 0.3) is 0 Å². The van der Waals surface area contributed by atoms with Crippen molar-refractivity contribution in [3.8, 4) is 0 Å². The lowest BCUT2D eigenvalue weighted by atomic mass is 10.2. The number of aromatic nitrogens is 3. The van der Waals surface area contributed by atoms with Crippen molar-refractivity contribution in [3.63, 3.8) is 0 Å². The second-order valence-electron chi connectivity index (χ2n) is 6.83. The summed E-state index contributed by atoms with van der Waals surface area (Å²) < 4.78 is 1.91. The number of likely N-dealkylation sites (N-methyl/N-ethyl adjacent to an activating group) is 1. The maximum Gasteiger partial charge on any atom is 0.260 e. The zero-order valence-electron chi connectivity index (χ0n) is 15.6. The molecule has 1 aliphatic rings. The number of benzene rings is 1. The van der Waals surface area contributed by atoms with Crippen molar-refractivity contribution in [1.29, 1.82) is 0 Å². The van der Waals surface area contributed by atoms with Gasteiger partial charge in [-0.2, -0.15) is 5.10 Å². The number of carbonyl (C=O) groups is 1. The van der Waals surface area contributed by atoms with Crippen molar-refractivity contribution < 1.29 is 4.79 Å². The van der Waals surface area contributed by atoms with Gasteiger partial charge in [-0.15, -0.1) is 11.3 Å². The van der Waals surface area contributed by atoms with E-state index in [-0.39, 0.29) is 5.91 Å². The Bertz CT molecular complexity index is 947. The molecule has 0 atom stereocenters. The van der Waals surface area contributed by atoms with Gasteiger partial charge in [0.15, 0.2) is 5.13 Å². The fraction of sp³-hybridized carbons (Fsp3) is 0.350. The van der Waals surface area contributed by atoms with Crippen molar-refractivity contribution in [2.24, 2.45) is 0 Å². The third-order valence-corrected chi connectivity index (χ3v) is 5.84. The largest absolute Gasteiger partial charge is 0.301 e. The number of thiazole rings is 1. The fourth-order valence-electron chi connectivity index (χ4n) is 3.41. The van der Waals surface area contributed by atoms with E-state index in [0.717, 1.165) is 37.3 Å². The Labute approximate surface area is 162 Å². The molecule has 0 fully saturated rings. The predicted molar refractivity (Wildman–Crippen MR) is 107 cm³/mol. The number of amides is 1. The van der Waals surface area contributed by atoms with E-state index in [2.05, 4.69) is 39.5 Å². The molecule has 0 aliphatic carbocycles. The summed E-state index contributed by atoms with van der Waals surface area (Å²) in [6, 6.07) is 10.2. The van der Waals surface area contributed by atoms with Crippen LogP contribution in [-0.2, 0) is 25.9 Å². The van der Waals surface area contributed by atoms with E-state index in [1.165, 1.54) is 10.4 Å². The summed E-state index contributed by atoms with van der Waals surface area (Å²) in [5.74, 6) is -0.134. The van der Waals surface area contributed by atoms with Crippen LogP contribution in [-0.4, -0.2) is 39.2 Å². The van der Waals surface area contributed by atoms with Crippen LogP contribution in [0.2, 0.25) is 0 Å². The first-order chi connectivity index (χ1) is 13.1. The van der Waals surface area contributed by atoms with Crippen LogP contribution in [0.5, 0.6) is 0 Å². The predicted octanol–water partition coefficient (Wildman–Crippen LogP) is 3.19. The normalized spacial score (nSPS) is 14.1. The molecule has 1 amide bonds. The second kappa shape index (κ2) is 7.62. The van der Waals surface area contributed by atoms with Gasteiger partial charge in [-0.1, -0.05) is 37.3 Å². The molecule has 7 heteroatoms. The third kappa shape index (κ3) is 3.79. The van der Waals surface area contributed by atoms with Crippen molar-refractivity contribution in [3.05, 3.63) is 63.9 Å². The molecule has 0 saturated heterocycles. The first-order valence-electron chi connectivity index (χ1n) is 9.21. The van der Waals surface area contributed by atoms with Gasteiger partial charge in [0.05, 0.1) is 29.7 Å². The molecule has 3 heterocycles. The number of fused-ring (bicyclic) bond motifs is 1. The van der Waals surface area contributed by atoms with E-state index in [9.17, 15) is 4.79 Å². The number of carbonyl (C=O) groups excluding carboxylic acids is 1. The molecule has 140 valence electrons. The van der Waals surface area contributed by atoms with Crippen LogP contribution in [0.3, 0.4) is 0 Å². The van der Waals surface area contributed by atoms with E-state index in [1.54, 1.807) is 17.5 Å². The number of hydrogen-bond donors (Lipinski definition) is 1. The Kier molecular flexibility index (Phi) is 5.05. The second-order valence-corrected chi connectivity index (χ2v) is 7.92. The van der Waals surface area contributed by atoms with E-state index >= 15 is 0 Å². The highest BCUT2D eigenvalue weighted by molar-refractivity contribution is 7.15. The van der Waals surface area contributed by atoms with Crippen molar-refractivity contribution >= 4 is 22.4 Å². The Hall–Kier alpha value is -2.51. The van der Waals surface area contributed by atoms with Gasteiger partial charge in [0.1, 0.15) is 0 Å². The number of nitrogens with one attached hydrogen (secondary N) is 1. The van der Waals surface area contributed by atoms with Gasteiger partial charge >= 0.3 is 0 Å². The molecule has 4 rings (SSSR count). The van der Waals surface area contributed by atoms with E-state index in [0.29, 0.717) is 17.2 Å². The summed E-state index contributed by atoms with van der Waals surface area (Å²) in [5.41, 5.74) is 3.85. The highest BCUT2D eigenvalue weighted by Gasteiger charge is 2.21. The number of hydrogen-bond acceptors (Lipinski definition) is 5. The molecule has 0 spiro atoms. The maximum absolute atomic E-state index is 12.8. The number of anilines is 1. The van der Waals surface area contributed by atoms with Crippen LogP contribution in [0.4, 0.5) is 5.13 Å². The van der Waals surface area contributed by atoms with Gasteiger partial charge < -0.3 is 4.90 Å². The quantitative estimate of drug-likeness (QED) is 0.737. The first-order valence-corrected chi connectivity index (χ1v) is 10.0. The summed E-state index contributed by atoms with van der Waals surface area (Å²) in [6.45, 7) is 4.62. The first kappa shape index (κ1) is 17.9.